The van der Waals surface area contributed by atoms with Crippen LogP contribution in [0.3, 0.4) is 0 Å². The molecule has 0 fully saturated rings. The molecule has 0 heterocycles. The van der Waals surface area contributed by atoms with Gasteiger partial charge in [-0.3, -0.25) is 0 Å². The number of ether oxygens (including phenoxy) is 1. The van der Waals surface area contributed by atoms with E-state index in [0.717, 1.165) is 22.5 Å². The molecule has 0 aliphatic rings. The molecule has 0 aliphatic carbocycles. The first-order valence-electron chi connectivity index (χ1n) is 5.90. The van der Waals surface area contributed by atoms with Crippen LogP contribution in [-0.4, -0.2) is 17.7 Å². The van der Waals surface area contributed by atoms with Crippen molar-refractivity contribution in [3.8, 4) is 5.75 Å². The highest BCUT2D eigenvalue weighted by Gasteiger charge is 2.11. The minimum absolute atomic E-state index is 0.342. The Kier molecular flexibility index (Phi) is 4.75. The van der Waals surface area contributed by atoms with Gasteiger partial charge in [0.25, 0.3) is 0 Å². The van der Waals surface area contributed by atoms with Crippen LogP contribution < -0.4 is 9.64 Å². The number of benzene rings is 1. The van der Waals surface area contributed by atoms with E-state index in [0.29, 0.717) is 5.75 Å². The molecule has 0 bridgehead atoms. The minimum Gasteiger partial charge on any atom is -0.482 e. The predicted molar refractivity (Wildman–Crippen MR) is 76.5 cm³/mol. The fourth-order valence-corrected chi connectivity index (χ4v) is 1.79. The molecular formula is C15H19NO3. The van der Waals surface area contributed by atoms with Gasteiger partial charge < -0.3 is 14.7 Å². The van der Waals surface area contributed by atoms with Gasteiger partial charge in [0.15, 0.2) is 6.61 Å². The van der Waals surface area contributed by atoms with Crippen LogP contribution in [0.4, 0.5) is 5.69 Å². The van der Waals surface area contributed by atoms with Gasteiger partial charge in [-0.25, -0.2) is 4.79 Å². The summed E-state index contributed by atoms with van der Waals surface area (Å²) in [5, 5.41) is 8.63. The fraction of sp³-hybridized carbons (Fsp3) is 0.267. The van der Waals surface area contributed by atoms with Crippen LogP contribution in [0.15, 0.2) is 37.2 Å². The minimum atomic E-state index is -0.990. The van der Waals surface area contributed by atoms with Crippen molar-refractivity contribution < 1.29 is 14.6 Å². The Labute approximate surface area is 113 Å². The molecule has 0 saturated heterocycles. The number of allylic oxidation sites excluding steroid dienone is 1. The van der Waals surface area contributed by atoms with Gasteiger partial charge in [-0.05, 0) is 44.0 Å². The average molecular weight is 261 g/mol. The van der Waals surface area contributed by atoms with E-state index in [4.69, 9.17) is 9.84 Å². The second kappa shape index (κ2) is 6.09. The second-order valence-corrected chi connectivity index (χ2v) is 4.37. The van der Waals surface area contributed by atoms with Crippen LogP contribution in [-0.2, 0) is 4.79 Å². The first-order valence-corrected chi connectivity index (χ1v) is 5.90. The summed E-state index contributed by atoms with van der Waals surface area (Å²) in [6.45, 7) is 13.0. The summed E-state index contributed by atoms with van der Waals surface area (Å²) in [7, 11) is 0. The number of rotatable bonds is 6. The highest BCUT2D eigenvalue weighted by Crippen LogP contribution is 2.30. The number of aliphatic carboxylic acids is 1. The molecule has 0 aromatic heterocycles. The Balaban J connectivity index is 3.12. The zero-order chi connectivity index (χ0) is 14.6. The summed E-state index contributed by atoms with van der Waals surface area (Å²) in [6.07, 6.45) is 1.70. The third-order valence-corrected chi connectivity index (χ3v) is 2.70. The molecule has 102 valence electrons. The van der Waals surface area contributed by atoms with Crippen molar-refractivity contribution in [2.45, 2.75) is 20.8 Å². The Morgan fingerprint density at radius 3 is 2.53 bits per heavy atom. The molecule has 0 saturated carbocycles. The van der Waals surface area contributed by atoms with Crippen molar-refractivity contribution in [3.05, 3.63) is 48.3 Å². The van der Waals surface area contributed by atoms with Gasteiger partial charge in [0.1, 0.15) is 5.75 Å². The van der Waals surface area contributed by atoms with E-state index in [1.165, 1.54) is 0 Å². The number of anilines is 1. The lowest BCUT2D eigenvalue weighted by molar-refractivity contribution is -0.139. The maximum absolute atomic E-state index is 10.5. The molecule has 0 amide bonds. The molecule has 0 atom stereocenters. The zero-order valence-corrected chi connectivity index (χ0v) is 11.6. The molecule has 0 spiro atoms. The van der Waals surface area contributed by atoms with E-state index in [2.05, 4.69) is 13.2 Å². The van der Waals surface area contributed by atoms with Crippen LogP contribution in [0.1, 0.15) is 18.1 Å². The Bertz CT molecular complexity index is 520. The highest BCUT2D eigenvalue weighted by atomic mass is 16.5. The molecule has 0 unspecified atom stereocenters. The standard InChI is InChI=1S/C15H19NO3/c1-6-16(10(2)3)13-7-12(5)14(8-11(13)4)19-9-15(17)18/h6-8H,1-2,9H2,3-5H3,(H,17,18). The van der Waals surface area contributed by atoms with Gasteiger partial charge in [0.05, 0.1) is 0 Å². The smallest absolute Gasteiger partial charge is 0.341 e. The van der Waals surface area contributed by atoms with Crippen molar-refractivity contribution >= 4 is 11.7 Å². The quantitative estimate of drug-likeness (QED) is 0.854. The van der Waals surface area contributed by atoms with Crippen molar-refractivity contribution in [1.29, 1.82) is 0 Å². The summed E-state index contributed by atoms with van der Waals surface area (Å²) in [5.74, 6) is -0.412. The summed E-state index contributed by atoms with van der Waals surface area (Å²) in [4.78, 5) is 12.4. The third-order valence-electron chi connectivity index (χ3n) is 2.70. The molecule has 1 aromatic rings. The SMILES string of the molecule is C=CN(C(=C)C)c1cc(C)c(OCC(=O)O)cc1C. The average Bonchev–Trinajstić information content (AvgIpc) is 2.31. The maximum Gasteiger partial charge on any atom is 0.341 e. The lowest BCUT2D eigenvalue weighted by atomic mass is 10.1. The van der Waals surface area contributed by atoms with Crippen LogP contribution in [0.5, 0.6) is 5.75 Å². The summed E-state index contributed by atoms with van der Waals surface area (Å²) < 4.78 is 5.24. The van der Waals surface area contributed by atoms with E-state index in [-0.39, 0.29) is 6.61 Å². The summed E-state index contributed by atoms with van der Waals surface area (Å²) >= 11 is 0. The van der Waals surface area contributed by atoms with Crippen molar-refractivity contribution in [3.63, 3.8) is 0 Å². The van der Waals surface area contributed by atoms with E-state index in [1.54, 1.807) is 6.20 Å². The number of hydrogen-bond acceptors (Lipinski definition) is 3. The monoisotopic (exact) mass is 261 g/mol. The van der Waals surface area contributed by atoms with Crippen LogP contribution in [0.2, 0.25) is 0 Å². The molecule has 1 aromatic carbocycles. The largest absolute Gasteiger partial charge is 0.482 e. The molecule has 0 radical (unpaired) electrons. The number of carboxylic acid groups (broad SMARTS) is 1. The normalized spacial score (nSPS) is 9.84. The molecule has 19 heavy (non-hydrogen) atoms. The molecular weight excluding hydrogens is 242 g/mol. The van der Waals surface area contributed by atoms with Crippen molar-refractivity contribution in [2.24, 2.45) is 0 Å². The first-order chi connectivity index (χ1) is 8.86. The Morgan fingerprint density at radius 1 is 1.42 bits per heavy atom. The lowest BCUT2D eigenvalue weighted by Crippen LogP contribution is -2.14. The van der Waals surface area contributed by atoms with Gasteiger partial charge in [0.2, 0.25) is 0 Å². The van der Waals surface area contributed by atoms with Crippen LogP contribution >= 0.6 is 0 Å². The molecule has 0 aliphatic heterocycles. The van der Waals surface area contributed by atoms with E-state index < -0.39 is 5.97 Å². The van der Waals surface area contributed by atoms with Crippen molar-refractivity contribution in [1.82, 2.24) is 0 Å². The van der Waals surface area contributed by atoms with E-state index in [9.17, 15) is 4.79 Å². The molecule has 1 rings (SSSR count). The third kappa shape index (κ3) is 3.61. The number of carboxylic acids is 1. The number of hydrogen-bond donors (Lipinski definition) is 1. The van der Waals surface area contributed by atoms with Gasteiger partial charge >= 0.3 is 5.97 Å². The maximum atomic E-state index is 10.5. The summed E-state index contributed by atoms with van der Waals surface area (Å²) in [6, 6.07) is 3.76. The lowest BCUT2D eigenvalue weighted by Gasteiger charge is -2.23. The van der Waals surface area contributed by atoms with Crippen molar-refractivity contribution in [2.75, 3.05) is 11.5 Å². The number of aryl methyl sites for hydroxylation is 2. The number of nitrogens with zero attached hydrogens (tertiary/aromatic N) is 1. The van der Waals surface area contributed by atoms with Crippen LogP contribution in [0, 0.1) is 13.8 Å². The molecule has 1 N–H and O–H groups in total. The Hall–Kier alpha value is -2.23. The van der Waals surface area contributed by atoms with E-state index in [1.807, 2.05) is 37.8 Å². The zero-order valence-electron chi connectivity index (χ0n) is 11.6. The highest BCUT2D eigenvalue weighted by molar-refractivity contribution is 5.69. The first kappa shape index (κ1) is 14.8. The number of carbonyl (C=O) groups is 1. The van der Waals surface area contributed by atoms with Gasteiger partial charge in [0, 0.05) is 17.6 Å². The molecule has 4 nitrogen and oxygen atoms in total. The van der Waals surface area contributed by atoms with Gasteiger partial charge in [-0.2, -0.15) is 0 Å². The topological polar surface area (TPSA) is 49.8 Å². The Morgan fingerprint density at radius 2 is 2.05 bits per heavy atom. The fourth-order valence-electron chi connectivity index (χ4n) is 1.79. The van der Waals surface area contributed by atoms with Crippen LogP contribution in [0.25, 0.3) is 0 Å². The molecule has 4 heteroatoms. The summed E-state index contributed by atoms with van der Waals surface area (Å²) in [5.41, 5.74) is 3.66. The van der Waals surface area contributed by atoms with Gasteiger partial charge in [-0.1, -0.05) is 13.2 Å². The van der Waals surface area contributed by atoms with Gasteiger partial charge in [-0.15, -0.1) is 0 Å². The predicted octanol–water partition coefficient (Wildman–Crippen LogP) is 3.25. The second-order valence-electron chi connectivity index (χ2n) is 4.37. The van der Waals surface area contributed by atoms with E-state index >= 15 is 0 Å².